The minimum atomic E-state index is -0.00787. The highest BCUT2D eigenvalue weighted by molar-refractivity contribution is 6.02. The maximum absolute atomic E-state index is 12.3. The third-order valence-electron chi connectivity index (χ3n) is 3.69. The number of carbonyl (C=O) groups is 1. The van der Waals surface area contributed by atoms with Gasteiger partial charge in [-0.15, -0.1) is 0 Å². The molecule has 0 amide bonds. The van der Waals surface area contributed by atoms with Crippen LogP contribution in [0.2, 0.25) is 0 Å². The Hall–Kier alpha value is -1.57. The van der Waals surface area contributed by atoms with Crippen LogP contribution in [0.4, 0.5) is 0 Å². The van der Waals surface area contributed by atoms with E-state index in [1.807, 2.05) is 37.3 Å². The van der Waals surface area contributed by atoms with Crippen LogP contribution < -0.4 is 0 Å². The summed E-state index contributed by atoms with van der Waals surface area (Å²) in [6, 6.07) is 10.0. The van der Waals surface area contributed by atoms with Gasteiger partial charge in [0.2, 0.25) is 5.78 Å². The van der Waals surface area contributed by atoms with Crippen molar-refractivity contribution in [3.05, 3.63) is 47.2 Å². The second kappa shape index (κ2) is 4.02. The van der Waals surface area contributed by atoms with E-state index in [0.29, 0.717) is 5.76 Å². The fourth-order valence-corrected chi connectivity index (χ4v) is 2.71. The zero-order chi connectivity index (χ0) is 11.8. The van der Waals surface area contributed by atoms with Crippen molar-refractivity contribution < 1.29 is 9.53 Å². The lowest BCUT2D eigenvalue weighted by Crippen LogP contribution is -2.17. The lowest BCUT2D eigenvalue weighted by Gasteiger charge is -2.21. The molecule has 2 nitrogen and oxygen atoms in total. The van der Waals surface area contributed by atoms with Crippen molar-refractivity contribution in [2.75, 3.05) is 0 Å². The molecule has 2 heteroatoms. The van der Waals surface area contributed by atoms with Crippen LogP contribution in [0.15, 0.2) is 41.7 Å². The zero-order valence-electron chi connectivity index (χ0n) is 9.98. The fourth-order valence-electron chi connectivity index (χ4n) is 2.71. The van der Waals surface area contributed by atoms with E-state index in [9.17, 15) is 4.79 Å². The molecule has 3 rings (SSSR count). The number of carbonyl (C=O) groups excluding carboxylic acids is 1. The summed E-state index contributed by atoms with van der Waals surface area (Å²) in [5.74, 6) is 0.835. The highest BCUT2D eigenvalue weighted by Gasteiger charge is 2.37. The number of Topliss-reactive ketones (excluding diaryl/α,β-unsaturated/α-hetero) is 1. The predicted octanol–water partition coefficient (Wildman–Crippen LogP) is 3.20. The van der Waals surface area contributed by atoms with E-state index in [0.717, 1.165) is 24.8 Å². The molecular formula is C15H16O2. The Labute approximate surface area is 101 Å². The molecule has 1 heterocycles. The van der Waals surface area contributed by atoms with Crippen LogP contribution in [-0.2, 0) is 9.53 Å². The van der Waals surface area contributed by atoms with Crippen LogP contribution >= 0.6 is 0 Å². The van der Waals surface area contributed by atoms with Crippen LogP contribution in [-0.4, -0.2) is 11.9 Å². The molecule has 17 heavy (non-hydrogen) atoms. The molecule has 1 aromatic rings. The Kier molecular flexibility index (Phi) is 2.50. The van der Waals surface area contributed by atoms with Crippen LogP contribution in [0, 0.1) is 0 Å². The van der Waals surface area contributed by atoms with Gasteiger partial charge in [0, 0.05) is 0 Å². The molecule has 0 saturated heterocycles. The van der Waals surface area contributed by atoms with Crippen LogP contribution in [0.5, 0.6) is 0 Å². The van der Waals surface area contributed by atoms with Gasteiger partial charge < -0.3 is 4.74 Å². The molecule has 2 aliphatic rings. The monoisotopic (exact) mass is 228 g/mol. The number of benzene rings is 1. The van der Waals surface area contributed by atoms with Crippen molar-refractivity contribution in [2.45, 2.75) is 38.2 Å². The molecule has 0 saturated carbocycles. The minimum Gasteiger partial charge on any atom is -0.487 e. The average molecular weight is 228 g/mol. The largest absolute Gasteiger partial charge is 0.487 e. The summed E-state index contributed by atoms with van der Waals surface area (Å²) < 4.78 is 5.70. The lowest BCUT2D eigenvalue weighted by molar-refractivity contribution is -0.120. The smallest absolute Gasteiger partial charge is 0.205 e. The summed E-state index contributed by atoms with van der Waals surface area (Å²) in [4.78, 5) is 12.3. The van der Waals surface area contributed by atoms with Gasteiger partial charge in [0.05, 0.1) is 12.0 Å². The van der Waals surface area contributed by atoms with Crippen LogP contribution in [0.25, 0.3) is 0 Å². The number of rotatable bonds is 1. The summed E-state index contributed by atoms with van der Waals surface area (Å²) in [6.07, 6.45) is 3.09. The minimum absolute atomic E-state index is 0.00787. The maximum Gasteiger partial charge on any atom is 0.205 e. The molecule has 1 aliphatic heterocycles. The molecule has 0 fully saturated rings. The Morgan fingerprint density at radius 3 is 2.76 bits per heavy atom. The van der Waals surface area contributed by atoms with Crippen molar-refractivity contribution in [3.63, 3.8) is 0 Å². The summed E-state index contributed by atoms with van der Waals surface area (Å²) in [7, 11) is 0. The fraction of sp³-hybridized carbons (Fsp3) is 0.400. The number of hydrogen-bond acceptors (Lipinski definition) is 2. The Bertz CT molecular complexity index is 473. The van der Waals surface area contributed by atoms with Crippen molar-refractivity contribution >= 4 is 5.78 Å². The first kappa shape index (κ1) is 10.6. The quantitative estimate of drug-likeness (QED) is 0.737. The number of allylic oxidation sites excluding steroid dienone is 2. The number of ketones is 1. The SMILES string of the molecule is CC1CCC2=C(O1)C(=O)C(c1ccccc1)C2. The first-order valence-electron chi connectivity index (χ1n) is 6.23. The van der Waals surface area contributed by atoms with E-state index in [1.165, 1.54) is 5.57 Å². The van der Waals surface area contributed by atoms with Gasteiger partial charge >= 0.3 is 0 Å². The van der Waals surface area contributed by atoms with Crippen LogP contribution in [0.3, 0.4) is 0 Å². The van der Waals surface area contributed by atoms with E-state index in [1.54, 1.807) is 0 Å². The third kappa shape index (κ3) is 1.78. The van der Waals surface area contributed by atoms with Crippen molar-refractivity contribution in [2.24, 2.45) is 0 Å². The molecule has 0 spiro atoms. The van der Waals surface area contributed by atoms with E-state index in [2.05, 4.69) is 0 Å². The number of ether oxygens (including phenoxy) is 1. The van der Waals surface area contributed by atoms with Crippen LogP contribution in [0.1, 0.15) is 37.7 Å². The van der Waals surface area contributed by atoms with Crippen molar-refractivity contribution in [3.8, 4) is 0 Å². The van der Waals surface area contributed by atoms with Gasteiger partial charge in [-0.1, -0.05) is 30.3 Å². The maximum atomic E-state index is 12.3. The average Bonchev–Trinajstić information content (AvgIpc) is 2.68. The molecule has 0 radical (unpaired) electrons. The Morgan fingerprint density at radius 2 is 2.00 bits per heavy atom. The van der Waals surface area contributed by atoms with Crippen molar-refractivity contribution in [1.82, 2.24) is 0 Å². The first-order chi connectivity index (χ1) is 8.25. The van der Waals surface area contributed by atoms with Gasteiger partial charge in [-0.25, -0.2) is 0 Å². The highest BCUT2D eigenvalue weighted by Crippen LogP contribution is 2.41. The van der Waals surface area contributed by atoms with Gasteiger partial charge in [-0.2, -0.15) is 0 Å². The van der Waals surface area contributed by atoms with E-state index in [-0.39, 0.29) is 17.8 Å². The second-order valence-electron chi connectivity index (χ2n) is 4.93. The van der Waals surface area contributed by atoms with Gasteiger partial charge in [-0.05, 0) is 37.3 Å². The molecule has 0 aromatic heterocycles. The third-order valence-corrected chi connectivity index (χ3v) is 3.69. The second-order valence-corrected chi connectivity index (χ2v) is 4.93. The van der Waals surface area contributed by atoms with Gasteiger partial charge in [0.1, 0.15) is 0 Å². The molecule has 88 valence electrons. The first-order valence-corrected chi connectivity index (χ1v) is 6.23. The predicted molar refractivity (Wildman–Crippen MR) is 65.6 cm³/mol. The molecule has 2 unspecified atom stereocenters. The van der Waals surface area contributed by atoms with Gasteiger partial charge in [0.15, 0.2) is 5.76 Å². The highest BCUT2D eigenvalue weighted by atomic mass is 16.5. The van der Waals surface area contributed by atoms with E-state index < -0.39 is 0 Å². The Balaban J connectivity index is 1.88. The van der Waals surface area contributed by atoms with E-state index >= 15 is 0 Å². The molecule has 0 bridgehead atoms. The summed E-state index contributed by atoms with van der Waals surface area (Å²) >= 11 is 0. The number of hydrogen-bond donors (Lipinski definition) is 0. The summed E-state index contributed by atoms with van der Waals surface area (Å²) in [5.41, 5.74) is 2.34. The summed E-state index contributed by atoms with van der Waals surface area (Å²) in [5, 5.41) is 0. The Morgan fingerprint density at radius 1 is 1.24 bits per heavy atom. The molecule has 2 atom stereocenters. The van der Waals surface area contributed by atoms with E-state index in [4.69, 9.17) is 4.74 Å². The topological polar surface area (TPSA) is 26.3 Å². The lowest BCUT2D eigenvalue weighted by atomic mass is 9.94. The molecule has 1 aromatic carbocycles. The molecule has 1 aliphatic carbocycles. The van der Waals surface area contributed by atoms with Gasteiger partial charge in [0.25, 0.3) is 0 Å². The zero-order valence-corrected chi connectivity index (χ0v) is 9.98. The van der Waals surface area contributed by atoms with Crippen molar-refractivity contribution in [1.29, 1.82) is 0 Å². The van der Waals surface area contributed by atoms with Gasteiger partial charge in [-0.3, -0.25) is 4.79 Å². The molecule has 0 N–H and O–H groups in total. The normalized spacial score (nSPS) is 27.9. The molecular weight excluding hydrogens is 212 g/mol. The summed E-state index contributed by atoms with van der Waals surface area (Å²) in [6.45, 7) is 2.03. The standard InChI is InChI=1S/C15H16O2/c1-10-7-8-12-9-13(14(16)15(12)17-10)11-5-3-2-4-6-11/h2-6,10,13H,7-9H2,1H3.